The van der Waals surface area contributed by atoms with Crippen molar-refractivity contribution in [2.24, 2.45) is 0 Å². The van der Waals surface area contributed by atoms with E-state index in [0.29, 0.717) is 16.2 Å². The third kappa shape index (κ3) is 64.8. The van der Waals surface area contributed by atoms with Crippen molar-refractivity contribution in [3.63, 3.8) is 0 Å². The normalized spacial score (nSPS) is 11.2. The van der Waals surface area contributed by atoms with Crippen molar-refractivity contribution in [1.29, 1.82) is 0 Å². The van der Waals surface area contributed by atoms with Crippen molar-refractivity contribution in [3.8, 4) is 0 Å². The standard InChI is InChI=1S/3C3H6O3S.3Na/c3*1-2-3-7(4,5)6;;;/h3*2-3H,1H3,(H,4,5,6);;;/q;;;3*+1/p-3. The molecule has 15 heteroatoms. The van der Waals surface area contributed by atoms with Gasteiger partial charge in [-0.2, -0.15) is 0 Å². The first-order chi connectivity index (χ1) is 9.18. The van der Waals surface area contributed by atoms with Gasteiger partial charge in [-0.15, -0.1) is 0 Å². The molecular formula is C9H15Na3O9S3. The topological polar surface area (TPSA) is 172 Å². The van der Waals surface area contributed by atoms with E-state index in [1.807, 2.05) is 0 Å². The van der Waals surface area contributed by atoms with Gasteiger partial charge in [0.1, 0.15) is 30.4 Å². The summed E-state index contributed by atoms with van der Waals surface area (Å²) in [7, 11) is -12.3. The summed E-state index contributed by atoms with van der Waals surface area (Å²) in [6.07, 6.45) is 3.55. The van der Waals surface area contributed by atoms with Gasteiger partial charge in [0.15, 0.2) is 0 Å². The van der Waals surface area contributed by atoms with Crippen molar-refractivity contribution in [1.82, 2.24) is 0 Å². The van der Waals surface area contributed by atoms with Gasteiger partial charge in [-0.3, -0.25) is 0 Å². The SMILES string of the molecule is CC=CS(=O)(=O)[O-].CC=CS(=O)(=O)[O-].CC=CS(=O)(=O)[O-].[Na+].[Na+].[Na+]. The molecule has 0 aliphatic rings. The van der Waals surface area contributed by atoms with Gasteiger partial charge in [-0.25, -0.2) is 25.3 Å². The van der Waals surface area contributed by atoms with Crippen LogP contribution in [0.25, 0.3) is 0 Å². The molecule has 9 nitrogen and oxygen atoms in total. The molecule has 0 amide bonds. The molecule has 0 saturated carbocycles. The molecule has 24 heavy (non-hydrogen) atoms. The summed E-state index contributed by atoms with van der Waals surface area (Å²) in [4.78, 5) is 0. The third-order valence-corrected chi connectivity index (χ3v) is 2.72. The minimum atomic E-state index is -4.10. The van der Waals surface area contributed by atoms with E-state index in [9.17, 15) is 38.9 Å². The molecule has 0 fully saturated rings. The van der Waals surface area contributed by atoms with Crippen LogP contribution in [0.4, 0.5) is 0 Å². The fourth-order valence-corrected chi connectivity index (χ4v) is 1.50. The molecule has 0 rings (SSSR count). The van der Waals surface area contributed by atoms with Crippen LogP contribution >= 0.6 is 0 Å². The second-order valence-electron chi connectivity index (χ2n) is 2.89. The predicted molar refractivity (Wildman–Crippen MR) is 73.5 cm³/mol. The smallest absolute Gasteiger partial charge is 0.744 e. The Morgan fingerprint density at radius 1 is 0.500 bits per heavy atom. The summed E-state index contributed by atoms with van der Waals surface area (Å²) >= 11 is 0. The fraction of sp³-hybridized carbons (Fsp3) is 0.333. The maximum absolute atomic E-state index is 9.59. The fourth-order valence-electron chi connectivity index (χ4n) is 0.500. The molecule has 0 aliphatic heterocycles. The molecule has 0 aromatic rings. The quantitative estimate of drug-likeness (QED) is 0.310. The van der Waals surface area contributed by atoms with Crippen LogP contribution in [0.2, 0.25) is 0 Å². The monoisotopic (exact) mass is 432 g/mol. The largest absolute Gasteiger partial charge is 1.00 e. The van der Waals surface area contributed by atoms with Gasteiger partial charge in [0.05, 0.1) is 0 Å². The molecule has 126 valence electrons. The average molecular weight is 432 g/mol. The molecule has 0 saturated heterocycles. The Labute approximate surface area is 210 Å². The zero-order valence-corrected chi connectivity index (χ0v) is 22.8. The van der Waals surface area contributed by atoms with Gasteiger partial charge in [-0.05, 0) is 20.8 Å². The molecule has 0 bridgehead atoms. The number of hydrogen-bond acceptors (Lipinski definition) is 9. The van der Waals surface area contributed by atoms with E-state index in [2.05, 4.69) is 0 Å². The zero-order chi connectivity index (χ0) is 17.7. The van der Waals surface area contributed by atoms with E-state index in [0.717, 1.165) is 0 Å². The van der Waals surface area contributed by atoms with E-state index < -0.39 is 30.4 Å². The Hall–Kier alpha value is 1.95. The van der Waals surface area contributed by atoms with Crippen molar-refractivity contribution in [3.05, 3.63) is 34.5 Å². The van der Waals surface area contributed by atoms with Crippen LogP contribution in [0.3, 0.4) is 0 Å². The van der Waals surface area contributed by atoms with E-state index in [-0.39, 0.29) is 88.7 Å². The third-order valence-electron chi connectivity index (χ3n) is 0.908. The number of allylic oxidation sites excluding steroid dienone is 3. The summed E-state index contributed by atoms with van der Waals surface area (Å²) in [6.45, 7) is 4.40. The first kappa shape index (κ1) is 40.6. The summed E-state index contributed by atoms with van der Waals surface area (Å²) in [6, 6.07) is 0. The first-order valence-corrected chi connectivity index (χ1v) is 9.35. The Morgan fingerprint density at radius 2 is 0.625 bits per heavy atom. The van der Waals surface area contributed by atoms with Gasteiger partial charge in [-0.1, -0.05) is 18.2 Å². The van der Waals surface area contributed by atoms with Crippen LogP contribution in [0.15, 0.2) is 34.5 Å². The summed E-state index contributed by atoms with van der Waals surface area (Å²) < 4.78 is 86.3. The first-order valence-electron chi connectivity index (χ1n) is 4.94. The average Bonchev–Trinajstić information content (AvgIpc) is 2.12. The summed E-state index contributed by atoms with van der Waals surface area (Å²) in [5.41, 5.74) is 0. The van der Waals surface area contributed by atoms with Crippen molar-refractivity contribution < 1.29 is 128 Å². The molecule has 0 aromatic heterocycles. The maximum atomic E-state index is 9.59. The van der Waals surface area contributed by atoms with Crippen LogP contribution in [-0.2, 0) is 30.4 Å². The second kappa shape index (κ2) is 21.3. The Morgan fingerprint density at radius 3 is 0.625 bits per heavy atom. The Kier molecular flexibility index (Phi) is 35.9. The van der Waals surface area contributed by atoms with Gasteiger partial charge < -0.3 is 13.7 Å². The van der Waals surface area contributed by atoms with Crippen LogP contribution in [0, 0.1) is 0 Å². The van der Waals surface area contributed by atoms with Gasteiger partial charge in [0.2, 0.25) is 0 Å². The summed E-state index contributed by atoms with van der Waals surface area (Å²) in [5.74, 6) is 0. The maximum Gasteiger partial charge on any atom is 1.00 e. The molecule has 0 aliphatic carbocycles. The Balaban J connectivity index is -0.0000000476. The van der Waals surface area contributed by atoms with E-state index in [1.54, 1.807) is 0 Å². The van der Waals surface area contributed by atoms with E-state index >= 15 is 0 Å². The number of hydrogen-bond donors (Lipinski definition) is 0. The number of rotatable bonds is 3. The minimum Gasteiger partial charge on any atom is -0.744 e. The molecule has 0 atom stereocenters. The minimum absolute atomic E-state index is 0. The van der Waals surface area contributed by atoms with Gasteiger partial charge >= 0.3 is 88.7 Å². The zero-order valence-electron chi connectivity index (χ0n) is 14.4. The molecular weight excluding hydrogens is 417 g/mol. The van der Waals surface area contributed by atoms with Crippen molar-refractivity contribution in [2.75, 3.05) is 0 Å². The summed E-state index contributed by atoms with van der Waals surface area (Å²) in [5, 5.41) is 1.81. The Bertz CT molecular complexity index is 567. The van der Waals surface area contributed by atoms with E-state index in [4.69, 9.17) is 0 Å². The molecule has 0 N–H and O–H groups in total. The van der Waals surface area contributed by atoms with Gasteiger partial charge in [0, 0.05) is 16.2 Å². The molecule has 0 spiro atoms. The predicted octanol–water partition coefficient (Wildman–Crippen LogP) is -8.79. The molecule has 0 radical (unpaired) electrons. The molecule has 0 heterocycles. The van der Waals surface area contributed by atoms with E-state index in [1.165, 1.54) is 39.0 Å². The van der Waals surface area contributed by atoms with Crippen LogP contribution in [0.5, 0.6) is 0 Å². The van der Waals surface area contributed by atoms with Gasteiger partial charge in [0.25, 0.3) is 0 Å². The van der Waals surface area contributed by atoms with Crippen LogP contribution in [0.1, 0.15) is 20.8 Å². The molecule has 0 unspecified atom stereocenters. The van der Waals surface area contributed by atoms with Crippen LogP contribution < -0.4 is 88.7 Å². The van der Waals surface area contributed by atoms with Crippen LogP contribution in [-0.4, -0.2) is 38.9 Å². The molecule has 0 aromatic carbocycles. The van der Waals surface area contributed by atoms with Crippen molar-refractivity contribution in [2.45, 2.75) is 20.8 Å². The van der Waals surface area contributed by atoms with Crippen molar-refractivity contribution >= 4 is 30.4 Å². The second-order valence-corrected chi connectivity index (χ2v) is 6.66.